The molecule has 0 aromatic rings. The van der Waals surface area contributed by atoms with Crippen LogP contribution in [0.5, 0.6) is 0 Å². The van der Waals surface area contributed by atoms with Crippen LogP contribution in [0.3, 0.4) is 0 Å². The van der Waals surface area contributed by atoms with Crippen molar-refractivity contribution >= 4 is 40.3 Å². The fourth-order valence-corrected chi connectivity index (χ4v) is 9.10. The van der Waals surface area contributed by atoms with Gasteiger partial charge in [-0.1, -0.05) is 10.8 Å². The number of aliphatic imine (C=N–C) groups is 1. The van der Waals surface area contributed by atoms with Crippen molar-refractivity contribution in [1.29, 1.82) is 0 Å². The number of nitrogens with one attached hydrogen (secondary N) is 1. The van der Waals surface area contributed by atoms with Crippen molar-refractivity contribution in [3.05, 3.63) is 10.5 Å². The quantitative estimate of drug-likeness (QED) is 0.535. The maximum atomic E-state index is 4.72. The summed E-state index contributed by atoms with van der Waals surface area (Å²) in [4.78, 5) is 7.85. The first-order valence-corrected chi connectivity index (χ1v) is 9.49. The van der Waals surface area contributed by atoms with Gasteiger partial charge in [0.2, 0.25) is 0 Å². The molecule has 1 N–H and O–H groups in total. The van der Waals surface area contributed by atoms with E-state index in [1.807, 2.05) is 10.8 Å². The number of hydrogen-bond acceptors (Lipinski definition) is 3. The second kappa shape index (κ2) is 3.82. The molecule has 0 fully saturated rings. The number of nitrogens with zero attached hydrogens (tertiary/aromatic N) is 1. The summed E-state index contributed by atoms with van der Waals surface area (Å²) in [5.74, 6) is 0. The van der Waals surface area contributed by atoms with Crippen molar-refractivity contribution < 1.29 is 0 Å². The molecule has 0 radical (unpaired) electrons. The summed E-state index contributed by atoms with van der Waals surface area (Å²) in [6, 6.07) is 0. The van der Waals surface area contributed by atoms with E-state index in [9.17, 15) is 0 Å². The Hall–Kier alpha value is 0.130. The van der Waals surface area contributed by atoms with Crippen molar-refractivity contribution in [2.75, 3.05) is 0 Å². The molecule has 3 aliphatic rings. The fraction of sp³-hybridized carbons (Fsp3) is 0.636. The van der Waals surface area contributed by atoms with Crippen LogP contribution in [0.15, 0.2) is 15.5 Å². The van der Waals surface area contributed by atoms with Crippen LogP contribution in [-0.4, -0.2) is 15.7 Å². The highest BCUT2D eigenvalue weighted by molar-refractivity contribution is 9.19. The predicted molar refractivity (Wildman–Crippen MR) is 79.0 cm³/mol. The highest BCUT2D eigenvalue weighted by Crippen LogP contribution is 2.61. The Morgan fingerprint density at radius 2 is 2.06 bits per heavy atom. The fourth-order valence-electron chi connectivity index (χ4n) is 2.00. The van der Waals surface area contributed by atoms with Crippen molar-refractivity contribution in [2.45, 2.75) is 45.6 Å². The molecule has 0 saturated carbocycles. The van der Waals surface area contributed by atoms with Gasteiger partial charge in [0, 0.05) is 4.91 Å². The first-order valence-electron chi connectivity index (χ1n) is 5.60. The molecule has 2 aliphatic heterocycles. The largest absolute Gasteiger partial charge is 0.328 e. The molecular formula is C11H16N2S3. The van der Waals surface area contributed by atoms with Gasteiger partial charge >= 0.3 is 0 Å². The number of fused-ring (bicyclic) bond motifs is 1. The zero-order valence-electron chi connectivity index (χ0n) is 9.79. The average molecular weight is 272 g/mol. The van der Waals surface area contributed by atoms with E-state index < -0.39 is 0 Å². The molecule has 1 unspecified atom stereocenters. The van der Waals surface area contributed by atoms with Gasteiger partial charge in [-0.15, -0.1) is 0 Å². The molecule has 16 heavy (non-hydrogen) atoms. The van der Waals surface area contributed by atoms with Crippen molar-refractivity contribution in [2.24, 2.45) is 4.99 Å². The molecule has 1 atom stereocenters. The van der Waals surface area contributed by atoms with Crippen LogP contribution in [-0.2, 0) is 0 Å². The molecule has 2 heterocycles. The van der Waals surface area contributed by atoms with E-state index in [1.165, 1.54) is 24.3 Å². The van der Waals surface area contributed by atoms with Gasteiger partial charge in [0.25, 0.3) is 0 Å². The van der Waals surface area contributed by atoms with Crippen LogP contribution < -0.4 is 5.32 Å². The lowest BCUT2D eigenvalue weighted by atomic mass is 10.1. The SMILES string of the molecule is CC(C)(C)N=C1NC2=S(S1)SC1=C2CCC1. The van der Waals surface area contributed by atoms with Crippen molar-refractivity contribution in [3.63, 3.8) is 0 Å². The summed E-state index contributed by atoms with van der Waals surface area (Å²) in [5, 5.41) is 4.67. The summed E-state index contributed by atoms with van der Waals surface area (Å²) < 4.78 is 0. The monoisotopic (exact) mass is 272 g/mol. The van der Waals surface area contributed by atoms with Crippen LogP contribution in [0.2, 0.25) is 0 Å². The number of amidine groups is 1. The molecule has 0 aromatic carbocycles. The number of allylic oxidation sites excluding steroid dienone is 1. The third-order valence-corrected chi connectivity index (χ3v) is 8.79. The van der Waals surface area contributed by atoms with E-state index >= 15 is 0 Å². The van der Waals surface area contributed by atoms with E-state index in [4.69, 9.17) is 4.99 Å². The predicted octanol–water partition coefficient (Wildman–Crippen LogP) is 3.89. The summed E-state index contributed by atoms with van der Waals surface area (Å²) in [6.45, 7) is 6.45. The maximum absolute atomic E-state index is 4.72. The normalized spacial score (nSPS) is 31.1. The maximum Gasteiger partial charge on any atom is 0.173 e. The Balaban J connectivity index is 1.82. The van der Waals surface area contributed by atoms with Gasteiger partial charge in [0.15, 0.2) is 5.17 Å². The lowest BCUT2D eigenvalue weighted by Gasteiger charge is -2.13. The van der Waals surface area contributed by atoms with Gasteiger partial charge < -0.3 is 5.32 Å². The molecule has 0 amide bonds. The third kappa shape index (κ3) is 1.97. The van der Waals surface area contributed by atoms with E-state index in [0.29, 0.717) is 8.55 Å². The minimum absolute atomic E-state index is 0.0244. The molecule has 0 aromatic heterocycles. The summed E-state index contributed by atoms with van der Waals surface area (Å²) >= 11 is 0. The molecule has 0 saturated heterocycles. The summed E-state index contributed by atoms with van der Waals surface area (Å²) in [6.07, 6.45) is 3.93. The second-order valence-corrected chi connectivity index (χ2v) is 10.9. The lowest BCUT2D eigenvalue weighted by molar-refractivity contribution is 0.584. The average Bonchev–Trinajstić information content (AvgIpc) is 2.72. The van der Waals surface area contributed by atoms with Crippen LogP contribution >= 0.6 is 30.1 Å². The van der Waals surface area contributed by atoms with E-state index in [2.05, 4.69) is 36.9 Å². The van der Waals surface area contributed by atoms with Gasteiger partial charge in [0.05, 0.1) is 10.5 Å². The minimum atomic E-state index is 0.0244. The Labute approximate surface area is 106 Å². The Morgan fingerprint density at radius 3 is 2.81 bits per heavy atom. The van der Waals surface area contributed by atoms with E-state index in [1.54, 1.807) is 10.5 Å². The van der Waals surface area contributed by atoms with Crippen LogP contribution in [0.4, 0.5) is 0 Å². The third-order valence-electron chi connectivity index (χ3n) is 2.60. The van der Waals surface area contributed by atoms with Gasteiger partial charge in [0.1, 0.15) is 0 Å². The van der Waals surface area contributed by atoms with Gasteiger partial charge in [-0.3, -0.25) is 4.99 Å². The van der Waals surface area contributed by atoms with Gasteiger partial charge in [-0.05, 0) is 64.9 Å². The van der Waals surface area contributed by atoms with E-state index in [0.717, 1.165) is 5.17 Å². The Morgan fingerprint density at radius 1 is 1.25 bits per heavy atom. The van der Waals surface area contributed by atoms with Crippen molar-refractivity contribution in [1.82, 2.24) is 5.32 Å². The minimum Gasteiger partial charge on any atom is -0.328 e. The Kier molecular flexibility index (Phi) is 2.68. The van der Waals surface area contributed by atoms with Crippen molar-refractivity contribution in [3.8, 4) is 0 Å². The molecular weight excluding hydrogens is 256 g/mol. The molecule has 1 aliphatic carbocycles. The molecule has 0 spiro atoms. The lowest BCUT2D eigenvalue weighted by Crippen LogP contribution is -2.26. The Bertz CT molecular complexity index is 441. The molecule has 88 valence electrons. The highest BCUT2D eigenvalue weighted by atomic mass is 33.5. The van der Waals surface area contributed by atoms with E-state index in [-0.39, 0.29) is 5.54 Å². The molecule has 2 nitrogen and oxygen atoms in total. The van der Waals surface area contributed by atoms with Crippen LogP contribution in [0.1, 0.15) is 40.0 Å². The smallest absolute Gasteiger partial charge is 0.173 e. The number of rotatable bonds is 0. The van der Waals surface area contributed by atoms with Gasteiger partial charge in [-0.25, -0.2) is 0 Å². The zero-order chi connectivity index (χ0) is 11.3. The molecule has 5 heteroatoms. The standard InChI is InChI=1S/C11H16N2S3/c1-11(2,3)13-10-12-9-7-5-4-6-8(7)14-16(9)15-10/h4-6H2,1-3H3,(H,12,13). The number of hydrogen-bond donors (Lipinski definition) is 1. The molecule has 3 rings (SSSR count). The first kappa shape index (κ1) is 11.2. The topological polar surface area (TPSA) is 24.4 Å². The summed E-state index contributed by atoms with van der Waals surface area (Å²) in [5.41, 5.74) is 1.64. The highest BCUT2D eigenvalue weighted by Gasteiger charge is 2.34. The van der Waals surface area contributed by atoms with Crippen LogP contribution in [0, 0.1) is 0 Å². The van der Waals surface area contributed by atoms with Crippen LogP contribution in [0.25, 0.3) is 0 Å². The summed E-state index contributed by atoms with van der Waals surface area (Å²) in [7, 11) is 4.28. The zero-order valence-corrected chi connectivity index (χ0v) is 12.2. The first-order chi connectivity index (χ1) is 7.53. The second-order valence-electron chi connectivity index (χ2n) is 5.20. The molecule has 0 bridgehead atoms. The van der Waals surface area contributed by atoms with Gasteiger partial charge in [-0.2, -0.15) is 0 Å².